The van der Waals surface area contributed by atoms with Crippen LogP contribution >= 0.6 is 0 Å². The van der Waals surface area contributed by atoms with Crippen LogP contribution in [0.3, 0.4) is 0 Å². The number of rotatable bonds is 3. The molecule has 1 aromatic heterocycles. The van der Waals surface area contributed by atoms with E-state index in [2.05, 4.69) is 10.9 Å². The van der Waals surface area contributed by atoms with E-state index < -0.39 is 5.60 Å². The summed E-state index contributed by atoms with van der Waals surface area (Å²) in [4.78, 5) is 3.94. The third-order valence-electron chi connectivity index (χ3n) is 1.77. The molecule has 0 aromatic carbocycles. The number of aromatic nitrogens is 2. The van der Waals surface area contributed by atoms with Crippen LogP contribution < -0.4 is 0 Å². The second-order valence-corrected chi connectivity index (χ2v) is 2.88. The van der Waals surface area contributed by atoms with E-state index in [0.717, 1.165) is 0 Å². The Hall–Kier alpha value is -1.31. The fraction of sp³-hybridized carbons (Fsp3) is 0.444. The van der Waals surface area contributed by atoms with Crippen LogP contribution in [0, 0.1) is 12.3 Å². The fourth-order valence-electron chi connectivity index (χ4n) is 1.09. The molecule has 0 amide bonds. The molecule has 2 N–H and O–H groups in total. The van der Waals surface area contributed by atoms with Crippen molar-refractivity contribution in [1.82, 2.24) is 9.55 Å². The minimum absolute atomic E-state index is 0.00991. The number of aliphatic hydroxyl groups is 2. The fourth-order valence-corrected chi connectivity index (χ4v) is 1.09. The molecule has 0 saturated heterocycles. The average Bonchev–Trinajstić information content (AvgIpc) is 2.54. The summed E-state index contributed by atoms with van der Waals surface area (Å²) in [7, 11) is 0. The highest BCUT2D eigenvalue weighted by atomic mass is 16.3. The Balaban J connectivity index is 3.01. The number of hydrogen-bond acceptors (Lipinski definition) is 3. The van der Waals surface area contributed by atoms with Crippen molar-refractivity contribution in [3.8, 4) is 12.3 Å². The number of nitrogens with zero attached hydrogens (tertiary/aromatic N) is 2. The predicted molar refractivity (Wildman–Crippen MR) is 47.7 cm³/mol. The molecule has 1 heterocycles. The number of terminal acetylenes is 1. The van der Waals surface area contributed by atoms with E-state index in [1.807, 2.05) is 0 Å². The van der Waals surface area contributed by atoms with Gasteiger partial charge in [0.1, 0.15) is 0 Å². The molecule has 70 valence electrons. The first-order chi connectivity index (χ1) is 6.11. The zero-order valence-electron chi connectivity index (χ0n) is 7.44. The Bertz CT molecular complexity index is 323. The highest BCUT2D eigenvalue weighted by Crippen LogP contribution is 2.16. The lowest BCUT2D eigenvalue weighted by Crippen LogP contribution is -2.24. The summed E-state index contributed by atoms with van der Waals surface area (Å²) in [6.07, 6.45) is 8.35. The predicted octanol–water partition coefficient (Wildman–Crippen LogP) is -0.284. The van der Waals surface area contributed by atoms with E-state index in [0.29, 0.717) is 12.4 Å². The van der Waals surface area contributed by atoms with Crippen LogP contribution in [0.4, 0.5) is 0 Å². The minimum atomic E-state index is -1.38. The molecule has 0 aliphatic carbocycles. The van der Waals surface area contributed by atoms with E-state index in [1.54, 1.807) is 10.8 Å². The summed E-state index contributed by atoms with van der Waals surface area (Å²) in [6, 6.07) is 0. The first-order valence-corrected chi connectivity index (χ1v) is 3.94. The molecule has 0 bridgehead atoms. The van der Waals surface area contributed by atoms with E-state index in [-0.39, 0.29) is 6.61 Å². The zero-order chi connectivity index (χ0) is 9.90. The van der Waals surface area contributed by atoms with Gasteiger partial charge in [-0.25, -0.2) is 4.98 Å². The summed E-state index contributed by atoms with van der Waals surface area (Å²) < 4.78 is 1.62. The van der Waals surface area contributed by atoms with Crippen molar-refractivity contribution in [3.05, 3.63) is 18.2 Å². The van der Waals surface area contributed by atoms with Crippen molar-refractivity contribution in [2.24, 2.45) is 0 Å². The smallest absolute Gasteiger partial charge is 0.180 e. The molecule has 1 unspecified atom stereocenters. The first-order valence-electron chi connectivity index (χ1n) is 3.94. The Labute approximate surface area is 76.8 Å². The van der Waals surface area contributed by atoms with Crippen LogP contribution in [-0.2, 0) is 12.1 Å². The lowest BCUT2D eigenvalue weighted by molar-refractivity contribution is 0.106. The van der Waals surface area contributed by atoms with Crippen molar-refractivity contribution in [3.63, 3.8) is 0 Å². The Morgan fingerprint density at radius 1 is 1.77 bits per heavy atom. The molecule has 0 saturated carbocycles. The molecule has 0 aliphatic heterocycles. The molecular weight excluding hydrogens is 168 g/mol. The maximum Gasteiger partial charge on any atom is 0.180 e. The molecule has 1 atom stereocenters. The Morgan fingerprint density at radius 2 is 2.46 bits per heavy atom. The topological polar surface area (TPSA) is 58.3 Å². The first kappa shape index (κ1) is 9.78. The third kappa shape index (κ3) is 1.89. The standard InChI is InChI=1S/C9H12N2O2/c1-3-9(2,13)8-10-4-5-11(8)6-7-12/h1,4-5,12-13H,6-7H2,2H3. The monoisotopic (exact) mass is 180 g/mol. The Kier molecular flexibility index (Phi) is 2.71. The van der Waals surface area contributed by atoms with Crippen molar-refractivity contribution < 1.29 is 10.2 Å². The lowest BCUT2D eigenvalue weighted by atomic mass is 10.1. The van der Waals surface area contributed by atoms with E-state index in [9.17, 15) is 5.11 Å². The second kappa shape index (κ2) is 3.60. The quantitative estimate of drug-likeness (QED) is 0.629. The molecule has 4 nitrogen and oxygen atoms in total. The van der Waals surface area contributed by atoms with Gasteiger partial charge in [0, 0.05) is 18.9 Å². The SMILES string of the molecule is C#CC(C)(O)c1nccn1CCO. The molecule has 1 rings (SSSR count). The van der Waals surface area contributed by atoms with Gasteiger partial charge in [0.2, 0.25) is 0 Å². The van der Waals surface area contributed by atoms with Crippen LogP contribution in [0.25, 0.3) is 0 Å². The van der Waals surface area contributed by atoms with Crippen LogP contribution in [-0.4, -0.2) is 26.4 Å². The van der Waals surface area contributed by atoms with Gasteiger partial charge in [0.05, 0.1) is 6.61 Å². The maximum absolute atomic E-state index is 9.69. The zero-order valence-corrected chi connectivity index (χ0v) is 7.44. The average molecular weight is 180 g/mol. The molecule has 0 spiro atoms. The number of hydrogen-bond donors (Lipinski definition) is 2. The molecule has 0 aliphatic rings. The van der Waals surface area contributed by atoms with Gasteiger partial charge in [0.25, 0.3) is 0 Å². The lowest BCUT2D eigenvalue weighted by Gasteiger charge is -2.16. The molecular formula is C9H12N2O2. The Morgan fingerprint density at radius 3 is 3.00 bits per heavy atom. The second-order valence-electron chi connectivity index (χ2n) is 2.88. The van der Waals surface area contributed by atoms with Crippen molar-refractivity contribution in [2.45, 2.75) is 19.1 Å². The van der Waals surface area contributed by atoms with E-state index in [1.165, 1.54) is 13.1 Å². The summed E-state index contributed by atoms with van der Waals surface area (Å²) in [6.45, 7) is 1.86. The summed E-state index contributed by atoms with van der Waals surface area (Å²) >= 11 is 0. The van der Waals surface area contributed by atoms with Crippen molar-refractivity contribution >= 4 is 0 Å². The molecule has 0 radical (unpaired) electrons. The summed E-state index contributed by atoms with van der Waals surface area (Å²) in [5.74, 6) is 2.61. The van der Waals surface area contributed by atoms with Gasteiger partial charge in [-0.15, -0.1) is 6.42 Å². The number of imidazole rings is 1. The van der Waals surface area contributed by atoms with Crippen LogP contribution in [0.5, 0.6) is 0 Å². The van der Waals surface area contributed by atoms with Gasteiger partial charge in [-0.05, 0) is 6.92 Å². The van der Waals surface area contributed by atoms with Gasteiger partial charge in [-0.1, -0.05) is 5.92 Å². The number of aliphatic hydroxyl groups excluding tert-OH is 1. The summed E-state index contributed by atoms with van der Waals surface area (Å²) in [5.41, 5.74) is -1.38. The molecule has 0 fully saturated rings. The highest BCUT2D eigenvalue weighted by molar-refractivity contribution is 5.17. The van der Waals surface area contributed by atoms with Crippen LogP contribution in [0.1, 0.15) is 12.7 Å². The molecule has 13 heavy (non-hydrogen) atoms. The van der Waals surface area contributed by atoms with Gasteiger partial charge in [-0.3, -0.25) is 0 Å². The molecule has 1 aromatic rings. The molecule has 4 heteroatoms. The van der Waals surface area contributed by atoms with Gasteiger partial charge >= 0.3 is 0 Å². The third-order valence-corrected chi connectivity index (χ3v) is 1.77. The van der Waals surface area contributed by atoms with Crippen LogP contribution in [0.2, 0.25) is 0 Å². The normalized spacial score (nSPS) is 14.9. The minimum Gasteiger partial charge on any atom is -0.395 e. The summed E-state index contributed by atoms with van der Waals surface area (Å²) in [5, 5.41) is 18.4. The van der Waals surface area contributed by atoms with Crippen LogP contribution in [0.15, 0.2) is 12.4 Å². The maximum atomic E-state index is 9.69. The van der Waals surface area contributed by atoms with Gasteiger partial charge in [0.15, 0.2) is 11.4 Å². The highest BCUT2D eigenvalue weighted by Gasteiger charge is 2.24. The van der Waals surface area contributed by atoms with Crippen molar-refractivity contribution in [1.29, 1.82) is 0 Å². The van der Waals surface area contributed by atoms with Gasteiger partial charge in [-0.2, -0.15) is 0 Å². The van der Waals surface area contributed by atoms with Crippen molar-refractivity contribution in [2.75, 3.05) is 6.61 Å². The van der Waals surface area contributed by atoms with E-state index in [4.69, 9.17) is 11.5 Å². The van der Waals surface area contributed by atoms with Gasteiger partial charge < -0.3 is 14.8 Å². The largest absolute Gasteiger partial charge is 0.395 e. The van der Waals surface area contributed by atoms with E-state index >= 15 is 0 Å².